The van der Waals surface area contributed by atoms with E-state index in [9.17, 15) is 24.3 Å². The standard InChI is InChI=1S/C23H20Br2Cl2N2O6/c1-28-18(31)11-4-3-10-13(15(11)19(28)32)7-22(26)20(33)29(8-24)21(34)23(22,27)16(10)12-5-9(25)6-14(35-2)17(12)30/h3,5-6,11,13,15-16,30H,4,7-8H2,1-2H3/t11-,13+,15-,16+,22+,23-/m0/s1. The van der Waals surface area contributed by atoms with Crippen molar-refractivity contribution in [2.45, 2.75) is 28.5 Å². The van der Waals surface area contributed by atoms with Gasteiger partial charge in [-0.1, -0.05) is 43.5 Å². The smallest absolute Gasteiger partial charge is 0.254 e. The van der Waals surface area contributed by atoms with Crippen molar-refractivity contribution in [2.75, 3.05) is 19.6 Å². The molecule has 8 nitrogen and oxygen atoms in total. The van der Waals surface area contributed by atoms with Crippen LogP contribution < -0.4 is 4.74 Å². The number of hydrogen-bond donors (Lipinski definition) is 1. The van der Waals surface area contributed by atoms with E-state index < -0.39 is 45.2 Å². The quantitative estimate of drug-likeness (QED) is 0.233. The highest BCUT2D eigenvalue weighted by molar-refractivity contribution is 9.10. The van der Waals surface area contributed by atoms with Crippen LogP contribution in [-0.4, -0.2) is 67.9 Å². The van der Waals surface area contributed by atoms with Gasteiger partial charge in [-0.2, -0.15) is 0 Å². The molecule has 4 amide bonds. The van der Waals surface area contributed by atoms with Crippen LogP contribution in [0, 0.1) is 17.8 Å². The van der Waals surface area contributed by atoms with Gasteiger partial charge in [0.2, 0.25) is 11.8 Å². The third kappa shape index (κ3) is 3.03. The maximum Gasteiger partial charge on any atom is 0.254 e. The average molecular weight is 651 g/mol. The topological polar surface area (TPSA) is 104 Å². The van der Waals surface area contributed by atoms with Gasteiger partial charge in [-0.05, 0) is 30.9 Å². The maximum atomic E-state index is 13.7. The Morgan fingerprint density at radius 3 is 2.46 bits per heavy atom. The lowest BCUT2D eigenvalue weighted by Crippen LogP contribution is -2.60. The predicted molar refractivity (Wildman–Crippen MR) is 133 cm³/mol. The van der Waals surface area contributed by atoms with Gasteiger partial charge < -0.3 is 9.84 Å². The van der Waals surface area contributed by atoms with Crippen LogP contribution in [0.15, 0.2) is 28.3 Å². The molecular formula is C23H20Br2Cl2N2O6. The second-order valence-corrected chi connectivity index (χ2v) is 11.9. The van der Waals surface area contributed by atoms with Crippen LogP contribution in [0.4, 0.5) is 0 Å². The Labute approximate surface area is 227 Å². The van der Waals surface area contributed by atoms with Crippen molar-refractivity contribution in [1.82, 2.24) is 9.80 Å². The minimum Gasteiger partial charge on any atom is -0.504 e. The Morgan fingerprint density at radius 1 is 1.14 bits per heavy atom. The lowest BCUT2D eigenvalue weighted by Gasteiger charge is -2.50. The molecule has 3 fully saturated rings. The number of amides is 4. The SMILES string of the molecule is COc1cc(Br)cc([C@H]2C3=CC[C@@H]4C(=O)N(C)C(=O)[C@@H]4[C@@H]3C[C@@]3(Cl)C(=O)N(CBr)C(=O)[C@@]23Cl)c1O. The molecule has 2 aliphatic heterocycles. The summed E-state index contributed by atoms with van der Waals surface area (Å²) >= 11 is 20.8. The fourth-order valence-corrected chi connectivity index (χ4v) is 8.10. The van der Waals surface area contributed by atoms with Crippen molar-refractivity contribution in [3.8, 4) is 11.5 Å². The zero-order valence-electron chi connectivity index (χ0n) is 18.6. The molecule has 0 bridgehead atoms. The molecule has 1 N–H and O–H groups in total. The number of imide groups is 2. The summed E-state index contributed by atoms with van der Waals surface area (Å²) < 4.78 is 5.86. The average Bonchev–Trinajstić information content (AvgIpc) is 3.13. The number of phenolic OH excluding ortho intramolecular Hbond substituents is 1. The molecule has 2 saturated heterocycles. The van der Waals surface area contributed by atoms with E-state index in [0.717, 1.165) is 9.80 Å². The fourth-order valence-electron chi connectivity index (χ4n) is 6.23. The Kier molecular flexibility index (Phi) is 5.86. The molecule has 0 unspecified atom stereocenters. The van der Waals surface area contributed by atoms with Crippen molar-refractivity contribution in [3.63, 3.8) is 0 Å². The van der Waals surface area contributed by atoms with Gasteiger partial charge in [-0.3, -0.25) is 29.0 Å². The largest absolute Gasteiger partial charge is 0.504 e. The second-order valence-electron chi connectivity index (χ2n) is 9.27. The minimum atomic E-state index is -1.99. The highest BCUT2D eigenvalue weighted by atomic mass is 79.9. The third-order valence-corrected chi connectivity index (χ3v) is 10.2. The predicted octanol–water partition coefficient (Wildman–Crippen LogP) is 3.50. The number of aromatic hydroxyl groups is 1. The number of halogens is 4. The zero-order chi connectivity index (χ0) is 25.6. The molecule has 0 spiro atoms. The van der Waals surface area contributed by atoms with Gasteiger partial charge >= 0.3 is 0 Å². The van der Waals surface area contributed by atoms with Gasteiger partial charge in [-0.25, -0.2) is 0 Å². The molecular weight excluding hydrogens is 631 g/mol. The minimum absolute atomic E-state index is 0.103. The van der Waals surface area contributed by atoms with Crippen LogP contribution in [0.3, 0.4) is 0 Å². The summed E-state index contributed by atoms with van der Waals surface area (Å²) in [5, 5.41) is 11.1. The number of allylic oxidation sites excluding steroid dienone is 2. The molecule has 2 aliphatic carbocycles. The molecule has 12 heteroatoms. The van der Waals surface area contributed by atoms with Crippen LogP contribution in [0.5, 0.6) is 11.5 Å². The summed E-state index contributed by atoms with van der Waals surface area (Å²) in [6.07, 6.45) is 1.97. The van der Waals surface area contributed by atoms with E-state index in [1.54, 1.807) is 12.1 Å². The number of rotatable bonds is 3. The summed E-state index contributed by atoms with van der Waals surface area (Å²) in [4.78, 5) is 51.3. The number of benzene rings is 1. The van der Waals surface area contributed by atoms with Crippen molar-refractivity contribution >= 4 is 78.7 Å². The number of alkyl halides is 3. The van der Waals surface area contributed by atoms with Crippen molar-refractivity contribution in [3.05, 3.63) is 33.8 Å². The molecule has 186 valence electrons. The Bertz CT molecular complexity index is 1240. The molecule has 1 aromatic rings. The van der Waals surface area contributed by atoms with E-state index in [1.807, 2.05) is 6.08 Å². The number of hydrogen-bond acceptors (Lipinski definition) is 6. The van der Waals surface area contributed by atoms with Crippen LogP contribution in [0.1, 0.15) is 24.3 Å². The van der Waals surface area contributed by atoms with Gasteiger partial charge in [0, 0.05) is 23.0 Å². The number of ether oxygens (including phenoxy) is 1. The first-order valence-corrected chi connectivity index (χ1v) is 13.5. The van der Waals surface area contributed by atoms with Crippen LogP contribution in [0.2, 0.25) is 0 Å². The van der Waals surface area contributed by atoms with Crippen molar-refractivity contribution < 1.29 is 29.0 Å². The monoisotopic (exact) mass is 648 g/mol. The first-order chi connectivity index (χ1) is 16.4. The Balaban J connectivity index is 1.80. The number of fused-ring (bicyclic) bond motifs is 4. The summed E-state index contributed by atoms with van der Waals surface area (Å²) in [7, 11) is 2.82. The van der Waals surface area contributed by atoms with Crippen LogP contribution >= 0.6 is 55.1 Å². The van der Waals surface area contributed by atoms with Gasteiger partial charge in [0.05, 0.1) is 24.4 Å². The molecule has 4 aliphatic rings. The van der Waals surface area contributed by atoms with E-state index in [-0.39, 0.29) is 47.2 Å². The summed E-state index contributed by atoms with van der Waals surface area (Å²) in [5.74, 6) is -5.20. The number of carbonyl (C=O) groups excluding carboxylic acids is 4. The van der Waals surface area contributed by atoms with Gasteiger partial charge in [-0.15, -0.1) is 23.2 Å². The lowest BCUT2D eigenvalue weighted by molar-refractivity contribution is -0.140. The first-order valence-electron chi connectivity index (χ1n) is 10.8. The van der Waals surface area contributed by atoms with E-state index in [2.05, 4.69) is 31.9 Å². The van der Waals surface area contributed by atoms with E-state index >= 15 is 0 Å². The second kappa shape index (κ2) is 8.19. The van der Waals surface area contributed by atoms with Gasteiger partial charge in [0.25, 0.3) is 11.8 Å². The van der Waals surface area contributed by atoms with E-state index in [1.165, 1.54) is 14.2 Å². The molecule has 35 heavy (non-hydrogen) atoms. The molecule has 2 heterocycles. The summed E-state index contributed by atoms with van der Waals surface area (Å²) in [6.45, 7) is 0. The van der Waals surface area contributed by atoms with E-state index in [0.29, 0.717) is 10.0 Å². The molecule has 0 aromatic heterocycles. The molecule has 6 atom stereocenters. The Hall–Kier alpha value is -1.62. The zero-order valence-corrected chi connectivity index (χ0v) is 23.2. The number of carbonyl (C=O) groups is 4. The molecule has 5 rings (SSSR count). The lowest BCUT2D eigenvalue weighted by atomic mass is 9.56. The van der Waals surface area contributed by atoms with Crippen LogP contribution in [-0.2, 0) is 19.2 Å². The van der Waals surface area contributed by atoms with Gasteiger partial charge in [0.15, 0.2) is 21.2 Å². The number of phenols is 1. The number of likely N-dealkylation sites (tertiary alicyclic amines) is 2. The summed E-state index contributed by atoms with van der Waals surface area (Å²) in [6, 6.07) is 3.15. The van der Waals surface area contributed by atoms with Crippen molar-refractivity contribution in [2.24, 2.45) is 17.8 Å². The number of methoxy groups -OCH3 is 1. The van der Waals surface area contributed by atoms with E-state index in [4.69, 9.17) is 27.9 Å². The Morgan fingerprint density at radius 2 is 1.83 bits per heavy atom. The molecule has 0 radical (unpaired) electrons. The summed E-state index contributed by atoms with van der Waals surface area (Å²) in [5.41, 5.74) is 0.708. The number of nitrogens with zero attached hydrogens (tertiary/aromatic N) is 2. The molecule has 1 aromatic carbocycles. The highest BCUT2D eigenvalue weighted by Crippen LogP contribution is 2.66. The van der Waals surface area contributed by atoms with Crippen molar-refractivity contribution in [1.29, 1.82) is 0 Å². The normalized spacial score (nSPS) is 36.2. The van der Waals surface area contributed by atoms with Crippen LogP contribution in [0.25, 0.3) is 0 Å². The molecule has 1 saturated carbocycles. The third-order valence-electron chi connectivity index (χ3n) is 7.84. The highest BCUT2D eigenvalue weighted by Gasteiger charge is 2.76. The fraction of sp³-hybridized carbons (Fsp3) is 0.478. The first kappa shape index (κ1) is 25.0. The van der Waals surface area contributed by atoms with Gasteiger partial charge in [0.1, 0.15) is 0 Å². The maximum absolute atomic E-state index is 13.7.